The van der Waals surface area contributed by atoms with Crippen molar-refractivity contribution in [3.8, 4) is 0 Å². The molecule has 2 aromatic rings. The van der Waals surface area contributed by atoms with Gasteiger partial charge in [0.2, 0.25) is 10.0 Å². The average Bonchev–Trinajstić information content (AvgIpc) is 2.85. The SMILES string of the molecule is O=S(=O)(NCCNCc1sccc1Cl)c1cccnc1. The van der Waals surface area contributed by atoms with Crippen LogP contribution in [0.2, 0.25) is 5.02 Å². The molecule has 0 aliphatic carbocycles. The first-order valence-electron chi connectivity index (χ1n) is 5.92. The number of nitrogens with one attached hydrogen (secondary N) is 2. The second kappa shape index (κ2) is 7.14. The summed E-state index contributed by atoms with van der Waals surface area (Å²) in [7, 11) is -3.48. The third kappa shape index (κ3) is 4.26. The van der Waals surface area contributed by atoms with Crippen LogP contribution in [0.4, 0.5) is 0 Å². The van der Waals surface area contributed by atoms with E-state index in [-0.39, 0.29) is 4.90 Å². The van der Waals surface area contributed by atoms with Gasteiger partial charge in [0.25, 0.3) is 0 Å². The average molecular weight is 332 g/mol. The molecule has 2 heterocycles. The first kappa shape index (κ1) is 15.4. The summed E-state index contributed by atoms with van der Waals surface area (Å²) in [5.74, 6) is 0. The standard InChI is InChI=1S/C12H14ClN3O2S2/c13-11-3-7-19-12(11)9-15-5-6-16-20(17,18)10-2-1-4-14-8-10/h1-4,7-8,15-16H,5-6,9H2. The van der Waals surface area contributed by atoms with Crippen molar-refractivity contribution >= 4 is 33.0 Å². The maximum Gasteiger partial charge on any atom is 0.242 e. The summed E-state index contributed by atoms with van der Waals surface area (Å²) in [5.41, 5.74) is 0. The number of pyridine rings is 1. The second-order valence-electron chi connectivity index (χ2n) is 3.95. The molecule has 8 heteroatoms. The lowest BCUT2D eigenvalue weighted by Crippen LogP contribution is -2.31. The molecule has 0 radical (unpaired) electrons. The minimum atomic E-state index is -3.48. The van der Waals surface area contributed by atoms with Crippen molar-refractivity contribution in [2.24, 2.45) is 0 Å². The van der Waals surface area contributed by atoms with Gasteiger partial charge in [-0.3, -0.25) is 4.98 Å². The molecule has 0 saturated heterocycles. The summed E-state index contributed by atoms with van der Waals surface area (Å²) in [6.07, 6.45) is 2.85. The molecule has 0 spiro atoms. The van der Waals surface area contributed by atoms with Gasteiger partial charge in [-0.15, -0.1) is 11.3 Å². The van der Waals surface area contributed by atoms with Gasteiger partial charge in [0, 0.05) is 36.9 Å². The predicted octanol–water partition coefficient (Wildman–Crippen LogP) is 1.86. The highest BCUT2D eigenvalue weighted by molar-refractivity contribution is 7.89. The highest BCUT2D eigenvalue weighted by Gasteiger charge is 2.12. The molecule has 0 atom stereocenters. The molecule has 0 amide bonds. The minimum Gasteiger partial charge on any atom is -0.310 e. The molecule has 0 aliphatic rings. The topological polar surface area (TPSA) is 71.1 Å². The van der Waals surface area contributed by atoms with E-state index in [1.54, 1.807) is 17.4 Å². The zero-order valence-electron chi connectivity index (χ0n) is 10.5. The fraction of sp³-hybridized carbons (Fsp3) is 0.250. The fourth-order valence-electron chi connectivity index (χ4n) is 1.52. The molecule has 0 aromatic carbocycles. The molecule has 2 rings (SSSR count). The Morgan fingerprint density at radius 3 is 2.80 bits per heavy atom. The molecule has 0 aliphatic heterocycles. The van der Waals surface area contributed by atoms with Gasteiger partial charge < -0.3 is 5.32 Å². The Kier molecular flexibility index (Phi) is 5.50. The first-order valence-corrected chi connectivity index (χ1v) is 8.66. The van der Waals surface area contributed by atoms with E-state index in [1.165, 1.54) is 18.5 Å². The summed E-state index contributed by atoms with van der Waals surface area (Å²) < 4.78 is 26.3. The van der Waals surface area contributed by atoms with Gasteiger partial charge in [-0.05, 0) is 23.6 Å². The highest BCUT2D eigenvalue weighted by atomic mass is 35.5. The van der Waals surface area contributed by atoms with Gasteiger partial charge in [0.15, 0.2) is 0 Å². The largest absolute Gasteiger partial charge is 0.310 e. The van der Waals surface area contributed by atoms with Crippen LogP contribution in [0.15, 0.2) is 40.9 Å². The number of halogens is 1. The normalized spacial score (nSPS) is 11.7. The third-order valence-corrected chi connectivity index (χ3v) is 5.35. The molecule has 20 heavy (non-hydrogen) atoms. The van der Waals surface area contributed by atoms with E-state index in [9.17, 15) is 8.42 Å². The summed E-state index contributed by atoms with van der Waals surface area (Å²) in [5, 5.41) is 5.79. The predicted molar refractivity (Wildman–Crippen MR) is 80.5 cm³/mol. The monoisotopic (exact) mass is 331 g/mol. The van der Waals surface area contributed by atoms with Crippen LogP contribution in [0, 0.1) is 0 Å². The van der Waals surface area contributed by atoms with E-state index < -0.39 is 10.0 Å². The zero-order chi connectivity index (χ0) is 14.4. The van der Waals surface area contributed by atoms with E-state index in [4.69, 9.17) is 11.6 Å². The zero-order valence-corrected chi connectivity index (χ0v) is 12.9. The summed E-state index contributed by atoms with van der Waals surface area (Å²) in [4.78, 5) is 5.00. The van der Waals surface area contributed by atoms with Crippen molar-refractivity contribution in [3.05, 3.63) is 45.9 Å². The van der Waals surface area contributed by atoms with Crippen molar-refractivity contribution in [1.29, 1.82) is 0 Å². The number of sulfonamides is 1. The molecule has 2 aromatic heterocycles. The number of hydrogen-bond acceptors (Lipinski definition) is 5. The Balaban J connectivity index is 1.75. The van der Waals surface area contributed by atoms with Gasteiger partial charge in [-0.25, -0.2) is 13.1 Å². The molecular weight excluding hydrogens is 318 g/mol. The van der Waals surface area contributed by atoms with Crippen LogP contribution in [-0.4, -0.2) is 26.5 Å². The number of rotatable bonds is 7. The van der Waals surface area contributed by atoms with Gasteiger partial charge in [-0.2, -0.15) is 0 Å². The van der Waals surface area contributed by atoms with E-state index in [2.05, 4.69) is 15.0 Å². The molecule has 0 fully saturated rings. The lowest BCUT2D eigenvalue weighted by Gasteiger charge is -2.07. The van der Waals surface area contributed by atoms with Gasteiger partial charge in [-0.1, -0.05) is 11.6 Å². The molecule has 5 nitrogen and oxygen atoms in total. The van der Waals surface area contributed by atoms with Crippen molar-refractivity contribution in [1.82, 2.24) is 15.0 Å². The fourth-order valence-corrected chi connectivity index (χ4v) is 3.58. The minimum absolute atomic E-state index is 0.168. The third-order valence-electron chi connectivity index (χ3n) is 2.52. The lowest BCUT2D eigenvalue weighted by molar-refractivity contribution is 0.576. The molecule has 2 N–H and O–H groups in total. The highest BCUT2D eigenvalue weighted by Crippen LogP contribution is 2.21. The Hall–Kier alpha value is -0.990. The van der Waals surface area contributed by atoms with Gasteiger partial charge >= 0.3 is 0 Å². The molecule has 0 bridgehead atoms. The van der Waals surface area contributed by atoms with E-state index in [0.717, 1.165) is 9.90 Å². The van der Waals surface area contributed by atoms with Gasteiger partial charge in [0.1, 0.15) is 4.90 Å². The van der Waals surface area contributed by atoms with Gasteiger partial charge in [0.05, 0.1) is 5.02 Å². The van der Waals surface area contributed by atoms with Crippen LogP contribution in [0.3, 0.4) is 0 Å². The molecule has 0 saturated carbocycles. The first-order chi connectivity index (χ1) is 9.59. The Bertz CT molecular complexity index is 644. The maximum absolute atomic E-state index is 11.9. The Morgan fingerprint density at radius 1 is 1.30 bits per heavy atom. The van der Waals surface area contributed by atoms with Crippen LogP contribution in [0.1, 0.15) is 4.88 Å². The number of hydrogen-bond donors (Lipinski definition) is 2. The summed E-state index contributed by atoms with van der Waals surface area (Å²) in [6, 6.07) is 4.94. The van der Waals surface area contributed by atoms with Crippen molar-refractivity contribution < 1.29 is 8.42 Å². The number of thiophene rings is 1. The molecule has 0 unspecified atom stereocenters. The lowest BCUT2D eigenvalue weighted by atomic mass is 10.4. The number of aromatic nitrogens is 1. The Morgan fingerprint density at radius 2 is 2.15 bits per heavy atom. The van der Waals surface area contributed by atoms with Crippen LogP contribution < -0.4 is 10.0 Å². The summed E-state index contributed by atoms with van der Waals surface area (Å²) in [6.45, 7) is 1.46. The molecular formula is C12H14ClN3O2S2. The quantitative estimate of drug-likeness (QED) is 0.760. The van der Waals surface area contributed by atoms with Crippen LogP contribution in [-0.2, 0) is 16.6 Å². The van der Waals surface area contributed by atoms with Crippen molar-refractivity contribution in [2.45, 2.75) is 11.4 Å². The van der Waals surface area contributed by atoms with E-state index >= 15 is 0 Å². The van der Waals surface area contributed by atoms with Crippen LogP contribution >= 0.6 is 22.9 Å². The second-order valence-corrected chi connectivity index (χ2v) is 7.13. The Labute approximate surface area is 127 Å². The molecule has 108 valence electrons. The number of nitrogens with zero attached hydrogens (tertiary/aromatic N) is 1. The van der Waals surface area contributed by atoms with E-state index in [0.29, 0.717) is 19.6 Å². The van der Waals surface area contributed by atoms with Crippen molar-refractivity contribution in [3.63, 3.8) is 0 Å². The van der Waals surface area contributed by atoms with Crippen LogP contribution in [0.25, 0.3) is 0 Å². The van der Waals surface area contributed by atoms with E-state index in [1.807, 2.05) is 11.4 Å². The maximum atomic E-state index is 11.9. The smallest absolute Gasteiger partial charge is 0.242 e. The summed E-state index contributed by atoms with van der Waals surface area (Å²) >= 11 is 7.53. The van der Waals surface area contributed by atoms with Crippen LogP contribution in [0.5, 0.6) is 0 Å². The van der Waals surface area contributed by atoms with Crippen molar-refractivity contribution in [2.75, 3.05) is 13.1 Å².